The van der Waals surface area contributed by atoms with Gasteiger partial charge in [-0.05, 0) is 36.4 Å². The molecule has 0 bridgehead atoms. The number of amides is 1. The van der Waals surface area contributed by atoms with E-state index < -0.39 is 0 Å². The van der Waals surface area contributed by atoms with Gasteiger partial charge in [-0.3, -0.25) is 9.69 Å². The Kier molecular flexibility index (Phi) is 5.51. The summed E-state index contributed by atoms with van der Waals surface area (Å²) in [7, 11) is 0. The van der Waals surface area contributed by atoms with Crippen LogP contribution in [0.2, 0.25) is 5.02 Å². The Bertz CT molecular complexity index is 1550. The van der Waals surface area contributed by atoms with Gasteiger partial charge in [-0.25, -0.2) is 4.39 Å². The van der Waals surface area contributed by atoms with Crippen molar-refractivity contribution in [2.75, 3.05) is 11.7 Å². The number of hydrogen-bond donors (Lipinski definition) is 0. The maximum absolute atomic E-state index is 14.5. The molecule has 0 atom stereocenters. The molecule has 0 spiro atoms. The minimum absolute atomic E-state index is 0.152. The number of carbonyl (C=O) groups is 1. The summed E-state index contributed by atoms with van der Waals surface area (Å²) in [6.45, 7) is 0.414. The number of anilines is 1. The monoisotopic (exact) mass is 522 g/mol. The summed E-state index contributed by atoms with van der Waals surface area (Å²) in [5, 5.41) is 1.31. The van der Waals surface area contributed by atoms with Gasteiger partial charge in [0.25, 0.3) is 5.91 Å². The van der Waals surface area contributed by atoms with Crippen molar-refractivity contribution >= 4 is 68.5 Å². The topological polar surface area (TPSA) is 43.7 Å². The van der Waals surface area contributed by atoms with Crippen LogP contribution in [0.25, 0.3) is 17.0 Å². The van der Waals surface area contributed by atoms with Gasteiger partial charge in [0.2, 0.25) is 6.79 Å². The van der Waals surface area contributed by atoms with Crippen LogP contribution in [-0.4, -0.2) is 21.6 Å². The lowest BCUT2D eigenvalue weighted by Crippen LogP contribution is -2.27. The Hall–Kier alpha value is -3.33. The Morgan fingerprint density at radius 1 is 1.09 bits per heavy atom. The van der Waals surface area contributed by atoms with Crippen LogP contribution in [0, 0.1) is 5.82 Å². The van der Waals surface area contributed by atoms with Gasteiger partial charge in [0.1, 0.15) is 5.82 Å². The van der Waals surface area contributed by atoms with Crippen molar-refractivity contribution in [1.82, 2.24) is 4.57 Å². The summed E-state index contributed by atoms with van der Waals surface area (Å²) < 4.78 is 27.6. The molecule has 3 heterocycles. The van der Waals surface area contributed by atoms with Crippen molar-refractivity contribution in [3.63, 3.8) is 0 Å². The minimum Gasteiger partial charge on any atom is -0.454 e. The van der Waals surface area contributed by atoms with E-state index in [1.54, 1.807) is 30.3 Å². The van der Waals surface area contributed by atoms with Crippen LogP contribution in [0.4, 0.5) is 10.1 Å². The molecular formula is C26H16ClFN2O3S2. The number of hydrogen-bond acceptors (Lipinski definition) is 5. The third kappa shape index (κ3) is 3.87. The zero-order chi connectivity index (χ0) is 24.1. The molecule has 1 fully saturated rings. The van der Waals surface area contributed by atoms with Gasteiger partial charge in [-0.15, -0.1) is 0 Å². The Balaban J connectivity index is 1.37. The van der Waals surface area contributed by atoms with E-state index in [2.05, 4.69) is 0 Å². The highest BCUT2D eigenvalue weighted by Crippen LogP contribution is 2.41. The molecule has 6 rings (SSSR count). The summed E-state index contributed by atoms with van der Waals surface area (Å²) >= 11 is 13.0. The molecule has 4 aromatic rings. The van der Waals surface area contributed by atoms with Gasteiger partial charge >= 0.3 is 0 Å². The number of ether oxygens (including phenoxy) is 2. The molecule has 1 saturated heterocycles. The van der Waals surface area contributed by atoms with Crippen LogP contribution in [0.3, 0.4) is 0 Å². The average Bonchev–Trinajstić information content (AvgIpc) is 3.53. The number of para-hydroxylation sites is 1. The normalized spacial score (nSPS) is 16.2. The first-order valence-electron chi connectivity index (χ1n) is 10.7. The Morgan fingerprint density at radius 2 is 1.91 bits per heavy atom. The molecule has 0 saturated carbocycles. The highest BCUT2D eigenvalue weighted by Gasteiger charge is 2.34. The van der Waals surface area contributed by atoms with Crippen molar-refractivity contribution < 1.29 is 18.7 Å². The van der Waals surface area contributed by atoms with Gasteiger partial charge < -0.3 is 14.0 Å². The van der Waals surface area contributed by atoms with Crippen molar-refractivity contribution in [2.24, 2.45) is 0 Å². The number of rotatable bonds is 4. The van der Waals surface area contributed by atoms with E-state index in [1.807, 2.05) is 41.1 Å². The molecule has 0 unspecified atom stereocenters. The zero-order valence-corrected chi connectivity index (χ0v) is 20.4. The van der Waals surface area contributed by atoms with E-state index in [0.717, 1.165) is 16.5 Å². The lowest BCUT2D eigenvalue weighted by molar-refractivity contribution is -0.113. The van der Waals surface area contributed by atoms with Crippen LogP contribution < -0.4 is 14.4 Å². The number of benzene rings is 3. The lowest BCUT2D eigenvalue weighted by Gasteiger charge is -2.14. The average molecular weight is 523 g/mol. The van der Waals surface area contributed by atoms with Crippen molar-refractivity contribution in [3.05, 3.63) is 93.7 Å². The van der Waals surface area contributed by atoms with Crippen LogP contribution in [0.15, 0.2) is 71.8 Å². The number of thioether (sulfide) groups is 1. The first kappa shape index (κ1) is 22.2. The second-order valence-corrected chi connectivity index (χ2v) is 10.1. The van der Waals surface area contributed by atoms with Gasteiger partial charge in [-0.2, -0.15) is 0 Å². The smallest absolute Gasteiger partial charge is 0.270 e. The third-order valence-corrected chi connectivity index (χ3v) is 7.56. The first-order valence-corrected chi connectivity index (χ1v) is 12.3. The number of thiocarbonyl (C=S) groups is 1. The molecule has 0 radical (unpaired) electrons. The second kappa shape index (κ2) is 8.71. The number of halogens is 2. The molecule has 0 aliphatic carbocycles. The largest absolute Gasteiger partial charge is 0.454 e. The number of fused-ring (bicyclic) bond motifs is 2. The number of carbonyl (C=O) groups excluding carboxylic acids is 1. The van der Waals surface area contributed by atoms with E-state index in [0.29, 0.717) is 37.0 Å². The summed E-state index contributed by atoms with van der Waals surface area (Å²) in [5.74, 6) is 0.641. The van der Waals surface area contributed by atoms with E-state index in [4.69, 9.17) is 33.3 Å². The van der Waals surface area contributed by atoms with Gasteiger partial charge in [0.15, 0.2) is 15.8 Å². The minimum atomic E-state index is -0.360. The number of aromatic nitrogens is 1. The zero-order valence-electron chi connectivity index (χ0n) is 18.0. The van der Waals surface area contributed by atoms with Crippen molar-refractivity contribution in [1.29, 1.82) is 0 Å². The van der Waals surface area contributed by atoms with Crippen LogP contribution in [0.5, 0.6) is 11.5 Å². The number of nitrogens with zero attached hydrogens (tertiary/aromatic N) is 2. The van der Waals surface area contributed by atoms with Crippen molar-refractivity contribution in [2.45, 2.75) is 6.54 Å². The molecule has 174 valence electrons. The molecule has 5 nitrogen and oxygen atoms in total. The van der Waals surface area contributed by atoms with E-state index in [9.17, 15) is 9.18 Å². The Labute approximate surface area is 214 Å². The van der Waals surface area contributed by atoms with Gasteiger partial charge in [0, 0.05) is 39.3 Å². The van der Waals surface area contributed by atoms with Crippen LogP contribution in [-0.2, 0) is 11.3 Å². The summed E-state index contributed by atoms with van der Waals surface area (Å²) in [6, 6.07) is 17.7. The van der Waals surface area contributed by atoms with Crippen molar-refractivity contribution in [3.8, 4) is 11.5 Å². The van der Waals surface area contributed by atoms with Crippen LogP contribution in [0.1, 0.15) is 11.1 Å². The molecule has 35 heavy (non-hydrogen) atoms. The summed E-state index contributed by atoms with van der Waals surface area (Å²) in [6.07, 6.45) is 3.73. The molecular weight excluding hydrogens is 507 g/mol. The molecule has 2 aliphatic rings. The molecule has 0 N–H and O–H groups in total. The second-order valence-electron chi connectivity index (χ2n) is 7.98. The quantitative estimate of drug-likeness (QED) is 0.223. The van der Waals surface area contributed by atoms with Crippen LogP contribution >= 0.6 is 35.6 Å². The molecule has 1 amide bonds. The fourth-order valence-electron chi connectivity index (χ4n) is 4.23. The summed E-state index contributed by atoms with van der Waals surface area (Å²) in [5.41, 5.74) is 2.77. The molecule has 3 aromatic carbocycles. The lowest BCUT2D eigenvalue weighted by atomic mass is 10.1. The maximum Gasteiger partial charge on any atom is 0.270 e. The molecule has 1 aromatic heterocycles. The molecule has 9 heteroatoms. The van der Waals surface area contributed by atoms with Gasteiger partial charge in [-0.1, -0.05) is 59.8 Å². The predicted octanol–water partition coefficient (Wildman–Crippen LogP) is 6.62. The van der Waals surface area contributed by atoms with Gasteiger partial charge in [0.05, 0.1) is 17.1 Å². The summed E-state index contributed by atoms with van der Waals surface area (Å²) in [4.78, 5) is 15.3. The Morgan fingerprint density at radius 3 is 2.77 bits per heavy atom. The first-order chi connectivity index (χ1) is 17.0. The highest BCUT2D eigenvalue weighted by molar-refractivity contribution is 8.27. The maximum atomic E-state index is 14.5. The third-order valence-electron chi connectivity index (χ3n) is 5.90. The van der Waals surface area contributed by atoms with E-state index in [1.165, 1.54) is 22.7 Å². The van der Waals surface area contributed by atoms with E-state index in [-0.39, 0.29) is 25.1 Å². The molecule has 2 aliphatic heterocycles. The predicted molar refractivity (Wildman–Crippen MR) is 141 cm³/mol. The van der Waals surface area contributed by atoms with E-state index >= 15 is 0 Å². The highest BCUT2D eigenvalue weighted by atomic mass is 35.5. The fraction of sp³-hybridized carbons (Fsp3) is 0.0769. The standard InChI is InChI=1S/C26H16ClFN2O3S2/c27-19-5-3-6-20(28)18(19)13-29-12-15(17-4-1-2-7-21(17)29)10-24-25(31)30(26(34)35-24)16-8-9-22-23(11-16)33-14-32-22/h1-12H,13-14H2/b24-10+. The SMILES string of the molecule is O=C1/C(=C\c2cn(Cc3c(F)cccc3Cl)c3ccccc23)SC(=S)N1c1ccc2c(c1)OCO2. The fourth-order valence-corrected chi connectivity index (χ4v) is 5.74.